The van der Waals surface area contributed by atoms with Crippen molar-refractivity contribution in [1.29, 1.82) is 0 Å². The zero-order chi connectivity index (χ0) is 12.3. The van der Waals surface area contributed by atoms with Crippen molar-refractivity contribution in [2.45, 2.75) is 45.1 Å². The predicted octanol–water partition coefficient (Wildman–Crippen LogP) is 3.71. The molecule has 0 saturated heterocycles. The molecule has 0 aliphatic heterocycles. The second-order valence-corrected chi connectivity index (χ2v) is 5.00. The molecule has 3 atom stereocenters. The van der Waals surface area contributed by atoms with Crippen LogP contribution in [-0.2, 0) is 0 Å². The fraction of sp³-hybridized carbons (Fsp3) is 0.600. The van der Waals surface area contributed by atoms with Crippen LogP contribution in [0.3, 0.4) is 0 Å². The third kappa shape index (κ3) is 2.52. The Morgan fingerprint density at radius 2 is 2.06 bits per heavy atom. The third-order valence-corrected chi connectivity index (χ3v) is 3.97. The Hall–Kier alpha value is -0.890. The van der Waals surface area contributed by atoms with E-state index in [9.17, 15) is 4.39 Å². The van der Waals surface area contributed by atoms with Crippen LogP contribution in [0.5, 0.6) is 0 Å². The summed E-state index contributed by atoms with van der Waals surface area (Å²) in [4.78, 5) is 0. The van der Waals surface area contributed by atoms with E-state index in [2.05, 4.69) is 19.2 Å². The molecule has 1 fully saturated rings. The van der Waals surface area contributed by atoms with E-state index < -0.39 is 0 Å². The molecule has 1 saturated carbocycles. The van der Waals surface area contributed by atoms with Crippen molar-refractivity contribution in [3.63, 3.8) is 0 Å². The average molecular weight is 235 g/mol. The summed E-state index contributed by atoms with van der Waals surface area (Å²) in [6, 6.07) is 7.82. The maximum absolute atomic E-state index is 13.7. The minimum Gasteiger partial charge on any atom is -0.314 e. The van der Waals surface area contributed by atoms with E-state index >= 15 is 0 Å². The van der Waals surface area contributed by atoms with Gasteiger partial charge in [-0.2, -0.15) is 0 Å². The maximum atomic E-state index is 13.7. The Morgan fingerprint density at radius 3 is 2.71 bits per heavy atom. The predicted molar refractivity (Wildman–Crippen MR) is 69.6 cm³/mol. The lowest BCUT2D eigenvalue weighted by molar-refractivity contribution is 0.158. The van der Waals surface area contributed by atoms with Crippen LogP contribution in [0.4, 0.5) is 4.39 Å². The summed E-state index contributed by atoms with van der Waals surface area (Å²) in [5.74, 6) is 0.971. The van der Waals surface area contributed by atoms with Gasteiger partial charge in [0.1, 0.15) is 5.82 Å². The topological polar surface area (TPSA) is 12.0 Å². The summed E-state index contributed by atoms with van der Waals surface area (Å²) >= 11 is 0. The van der Waals surface area contributed by atoms with Gasteiger partial charge in [-0.25, -0.2) is 4.39 Å². The van der Waals surface area contributed by atoms with E-state index in [1.807, 2.05) is 12.1 Å². The van der Waals surface area contributed by atoms with Crippen LogP contribution < -0.4 is 5.32 Å². The summed E-state index contributed by atoms with van der Waals surface area (Å²) in [5.41, 5.74) is 0.911. The van der Waals surface area contributed by atoms with E-state index in [1.165, 1.54) is 0 Å². The van der Waals surface area contributed by atoms with Gasteiger partial charge < -0.3 is 5.32 Å². The van der Waals surface area contributed by atoms with Gasteiger partial charge in [0.2, 0.25) is 0 Å². The van der Waals surface area contributed by atoms with Crippen molar-refractivity contribution in [1.82, 2.24) is 5.32 Å². The maximum Gasteiger partial charge on any atom is 0.126 e. The van der Waals surface area contributed by atoms with Gasteiger partial charge in [-0.15, -0.1) is 0 Å². The Bertz CT molecular complexity index is 364. The largest absolute Gasteiger partial charge is 0.314 e. The first-order chi connectivity index (χ1) is 8.27. The first-order valence-corrected chi connectivity index (χ1v) is 6.75. The molecule has 0 heterocycles. The number of benzene rings is 1. The molecule has 0 radical (unpaired) electrons. The SMILES string of the molecule is CCCNC1CC(c2ccccc2F)C1CC. The van der Waals surface area contributed by atoms with Gasteiger partial charge in [-0.3, -0.25) is 0 Å². The zero-order valence-electron chi connectivity index (χ0n) is 10.7. The fourth-order valence-electron chi connectivity index (χ4n) is 2.97. The quantitative estimate of drug-likeness (QED) is 0.820. The number of hydrogen-bond acceptors (Lipinski definition) is 1. The molecular formula is C15H22FN. The fourth-order valence-corrected chi connectivity index (χ4v) is 2.97. The monoisotopic (exact) mass is 235 g/mol. The van der Waals surface area contributed by atoms with Crippen LogP contribution in [0.15, 0.2) is 24.3 Å². The highest BCUT2D eigenvalue weighted by atomic mass is 19.1. The first-order valence-electron chi connectivity index (χ1n) is 6.75. The first kappa shape index (κ1) is 12.6. The molecule has 0 aromatic heterocycles. The summed E-state index contributed by atoms with van der Waals surface area (Å²) in [7, 11) is 0. The van der Waals surface area contributed by atoms with Crippen LogP contribution in [0.25, 0.3) is 0 Å². The van der Waals surface area contributed by atoms with Crippen molar-refractivity contribution < 1.29 is 4.39 Å². The molecule has 94 valence electrons. The standard InChI is InChI=1S/C15H22FN/c1-3-9-17-15-10-13(11(15)4-2)12-7-5-6-8-14(12)16/h5-8,11,13,15,17H,3-4,9-10H2,1-2H3. The molecule has 1 N–H and O–H groups in total. The zero-order valence-corrected chi connectivity index (χ0v) is 10.7. The van der Waals surface area contributed by atoms with Crippen LogP contribution in [0, 0.1) is 11.7 Å². The van der Waals surface area contributed by atoms with Gasteiger partial charge >= 0.3 is 0 Å². The lowest BCUT2D eigenvalue weighted by Crippen LogP contribution is -2.49. The van der Waals surface area contributed by atoms with Gasteiger partial charge in [0, 0.05) is 6.04 Å². The number of halogens is 1. The molecule has 3 unspecified atom stereocenters. The van der Waals surface area contributed by atoms with E-state index in [0.717, 1.165) is 31.4 Å². The van der Waals surface area contributed by atoms with Gasteiger partial charge in [-0.1, -0.05) is 38.5 Å². The van der Waals surface area contributed by atoms with Crippen LogP contribution in [0.1, 0.15) is 44.6 Å². The molecule has 1 aromatic carbocycles. The summed E-state index contributed by atoms with van der Waals surface area (Å²) in [5, 5.41) is 3.57. The van der Waals surface area contributed by atoms with Crippen LogP contribution in [-0.4, -0.2) is 12.6 Å². The van der Waals surface area contributed by atoms with E-state index in [1.54, 1.807) is 12.1 Å². The average Bonchev–Trinajstić information content (AvgIpc) is 2.30. The minimum absolute atomic E-state index is 0.0371. The molecule has 17 heavy (non-hydrogen) atoms. The second kappa shape index (κ2) is 5.63. The highest BCUT2D eigenvalue weighted by molar-refractivity contribution is 5.26. The number of nitrogens with one attached hydrogen (secondary N) is 1. The smallest absolute Gasteiger partial charge is 0.126 e. The van der Waals surface area contributed by atoms with E-state index in [0.29, 0.717) is 17.9 Å². The Labute approximate surface area is 103 Å². The highest BCUT2D eigenvalue weighted by Gasteiger charge is 2.40. The molecule has 0 spiro atoms. The highest BCUT2D eigenvalue weighted by Crippen LogP contribution is 2.45. The van der Waals surface area contributed by atoms with Crippen molar-refractivity contribution >= 4 is 0 Å². The normalized spacial score (nSPS) is 27.8. The van der Waals surface area contributed by atoms with Gasteiger partial charge in [0.05, 0.1) is 0 Å². The van der Waals surface area contributed by atoms with Crippen LogP contribution in [0.2, 0.25) is 0 Å². The van der Waals surface area contributed by atoms with Crippen LogP contribution >= 0.6 is 0 Å². The molecule has 2 rings (SSSR count). The summed E-state index contributed by atoms with van der Waals surface area (Å²) in [6.45, 7) is 5.46. The molecule has 1 nitrogen and oxygen atoms in total. The number of rotatable bonds is 5. The molecule has 2 heteroatoms. The van der Waals surface area contributed by atoms with E-state index in [4.69, 9.17) is 0 Å². The molecular weight excluding hydrogens is 213 g/mol. The van der Waals surface area contributed by atoms with Gasteiger partial charge in [-0.05, 0) is 42.9 Å². The second-order valence-electron chi connectivity index (χ2n) is 5.00. The van der Waals surface area contributed by atoms with Crippen molar-refractivity contribution in [2.24, 2.45) is 5.92 Å². The Kier molecular flexibility index (Phi) is 4.16. The molecule has 0 bridgehead atoms. The van der Waals surface area contributed by atoms with E-state index in [-0.39, 0.29) is 5.82 Å². The van der Waals surface area contributed by atoms with Gasteiger partial charge in [0.25, 0.3) is 0 Å². The molecule has 1 aliphatic carbocycles. The molecule has 1 aromatic rings. The molecule has 1 aliphatic rings. The third-order valence-electron chi connectivity index (χ3n) is 3.97. The lowest BCUT2D eigenvalue weighted by Gasteiger charge is -2.45. The van der Waals surface area contributed by atoms with Crippen molar-refractivity contribution in [3.8, 4) is 0 Å². The summed E-state index contributed by atoms with van der Waals surface area (Å²) < 4.78 is 13.7. The molecule has 0 amide bonds. The lowest BCUT2D eigenvalue weighted by atomic mass is 9.65. The number of hydrogen-bond donors (Lipinski definition) is 1. The minimum atomic E-state index is -0.0371. The Morgan fingerprint density at radius 1 is 1.29 bits per heavy atom. The summed E-state index contributed by atoms with van der Waals surface area (Å²) in [6.07, 6.45) is 3.37. The Balaban J connectivity index is 2.03. The van der Waals surface area contributed by atoms with Gasteiger partial charge in [0.15, 0.2) is 0 Å². The van der Waals surface area contributed by atoms with Crippen molar-refractivity contribution in [3.05, 3.63) is 35.6 Å². The van der Waals surface area contributed by atoms with Crippen molar-refractivity contribution in [2.75, 3.05) is 6.54 Å².